The minimum absolute atomic E-state index is 0.215. The highest BCUT2D eigenvalue weighted by Gasteiger charge is 2.13. The van der Waals surface area contributed by atoms with E-state index in [1.165, 1.54) is 0 Å². The summed E-state index contributed by atoms with van der Waals surface area (Å²) in [5.41, 5.74) is 3.03. The molecular weight excluding hydrogens is 384 g/mol. The lowest BCUT2D eigenvalue weighted by atomic mass is 10.1. The number of aromatic nitrogens is 1. The van der Waals surface area contributed by atoms with Crippen molar-refractivity contribution in [3.63, 3.8) is 0 Å². The minimum atomic E-state index is -0.215. The van der Waals surface area contributed by atoms with Crippen LogP contribution in [0.2, 0.25) is 0 Å². The monoisotopic (exact) mass is 404 g/mol. The first-order chi connectivity index (χ1) is 14.2. The normalized spacial score (nSPS) is 10.7. The summed E-state index contributed by atoms with van der Waals surface area (Å²) < 4.78 is 12.0. The fraction of sp³-hybridized carbons (Fsp3) is 0.130. The van der Waals surface area contributed by atoms with Crippen LogP contribution in [0.15, 0.2) is 66.7 Å². The zero-order valence-electron chi connectivity index (χ0n) is 16.1. The number of anilines is 1. The standard InChI is InChI=1S/C23H20N2O3S/c1-3-28-17-11-8-15(9-12-17)22(26)24-19-14-16(10-13-20(19)27-2)23-25-18-6-4-5-7-21(18)29-23/h4-14H,3H2,1-2H3,(H,24,26). The smallest absolute Gasteiger partial charge is 0.255 e. The van der Waals surface area contributed by atoms with Gasteiger partial charge in [0.05, 0.1) is 29.6 Å². The van der Waals surface area contributed by atoms with Crippen LogP contribution in [0.25, 0.3) is 20.8 Å². The summed E-state index contributed by atoms with van der Waals surface area (Å²) in [7, 11) is 1.58. The van der Waals surface area contributed by atoms with Crippen molar-refractivity contribution < 1.29 is 14.3 Å². The summed E-state index contributed by atoms with van der Waals surface area (Å²) in [4.78, 5) is 17.4. The quantitative estimate of drug-likeness (QED) is 0.453. The van der Waals surface area contributed by atoms with Crippen LogP contribution in [0.4, 0.5) is 5.69 Å². The molecule has 0 bridgehead atoms. The third-order valence-electron chi connectivity index (χ3n) is 4.42. The molecular formula is C23H20N2O3S. The van der Waals surface area contributed by atoms with Crippen molar-refractivity contribution in [3.8, 4) is 22.1 Å². The molecule has 0 atom stereocenters. The average Bonchev–Trinajstić information content (AvgIpc) is 3.19. The molecule has 0 radical (unpaired) electrons. The van der Waals surface area contributed by atoms with Gasteiger partial charge in [-0.15, -0.1) is 11.3 Å². The van der Waals surface area contributed by atoms with Crippen molar-refractivity contribution in [3.05, 3.63) is 72.3 Å². The fourth-order valence-corrected chi connectivity index (χ4v) is 3.96. The van der Waals surface area contributed by atoms with Gasteiger partial charge in [0.2, 0.25) is 0 Å². The maximum absolute atomic E-state index is 12.7. The Morgan fingerprint density at radius 1 is 1.07 bits per heavy atom. The van der Waals surface area contributed by atoms with Crippen LogP contribution in [0.1, 0.15) is 17.3 Å². The molecule has 1 heterocycles. The number of para-hydroxylation sites is 1. The van der Waals surface area contributed by atoms with E-state index in [2.05, 4.69) is 11.4 Å². The summed E-state index contributed by atoms with van der Waals surface area (Å²) in [6.45, 7) is 2.51. The SMILES string of the molecule is CCOc1ccc(C(=O)Nc2cc(-c3nc4ccccc4s3)ccc2OC)cc1. The highest BCUT2D eigenvalue weighted by atomic mass is 32.1. The van der Waals surface area contributed by atoms with Crippen LogP contribution < -0.4 is 14.8 Å². The number of benzene rings is 3. The molecule has 1 amide bonds. The maximum Gasteiger partial charge on any atom is 0.255 e. The largest absolute Gasteiger partial charge is 0.495 e. The Morgan fingerprint density at radius 2 is 1.86 bits per heavy atom. The number of thiazole rings is 1. The minimum Gasteiger partial charge on any atom is -0.495 e. The van der Waals surface area contributed by atoms with Crippen molar-refractivity contribution in [1.82, 2.24) is 4.98 Å². The molecule has 0 aliphatic carbocycles. The van der Waals surface area contributed by atoms with Crippen LogP contribution in [0, 0.1) is 0 Å². The van der Waals surface area contributed by atoms with E-state index in [1.54, 1.807) is 42.7 Å². The van der Waals surface area contributed by atoms with E-state index in [0.29, 0.717) is 23.6 Å². The second kappa shape index (κ2) is 8.32. The molecule has 5 nitrogen and oxygen atoms in total. The van der Waals surface area contributed by atoms with Gasteiger partial charge in [-0.05, 0) is 61.5 Å². The summed E-state index contributed by atoms with van der Waals surface area (Å²) in [6, 6.07) is 20.8. The number of methoxy groups -OCH3 is 1. The van der Waals surface area contributed by atoms with E-state index in [-0.39, 0.29) is 5.91 Å². The van der Waals surface area contributed by atoms with Crippen molar-refractivity contribution in [2.75, 3.05) is 19.0 Å². The van der Waals surface area contributed by atoms with Gasteiger partial charge in [-0.1, -0.05) is 12.1 Å². The molecule has 4 rings (SSSR count). The Morgan fingerprint density at radius 3 is 2.59 bits per heavy atom. The highest BCUT2D eigenvalue weighted by Crippen LogP contribution is 2.35. The van der Waals surface area contributed by atoms with Gasteiger partial charge in [-0.25, -0.2) is 4.98 Å². The van der Waals surface area contributed by atoms with Gasteiger partial charge >= 0.3 is 0 Å². The zero-order valence-corrected chi connectivity index (χ0v) is 17.0. The maximum atomic E-state index is 12.7. The summed E-state index contributed by atoms with van der Waals surface area (Å²) in [6.07, 6.45) is 0. The lowest BCUT2D eigenvalue weighted by Crippen LogP contribution is -2.12. The predicted molar refractivity (Wildman–Crippen MR) is 117 cm³/mol. The number of fused-ring (bicyclic) bond motifs is 1. The van der Waals surface area contributed by atoms with Gasteiger partial charge in [0.15, 0.2) is 0 Å². The Labute approximate surface area is 172 Å². The molecule has 146 valence electrons. The third-order valence-corrected chi connectivity index (χ3v) is 5.50. The molecule has 29 heavy (non-hydrogen) atoms. The second-order valence-corrected chi connectivity index (χ2v) is 7.34. The number of ether oxygens (including phenoxy) is 2. The molecule has 1 N–H and O–H groups in total. The predicted octanol–water partition coefficient (Wildman–Crippen LogP) is 5.62. The van der Waals surface area contributed by atoms with Gasteiger partial charge in [0.1, 0.15) is 16.5 Å². The van der Waals surface area contributed by atoms with E-state index < -0.39 is 0 Å². The molecule has 0 aliphatic heterocycles. The van der Waals surface area contributed by atoms with Crippen molar-refractivity contribution in [2.45, 2.75) is 6.92 Å². The number of hydrogen-bond donors (Lipinski definition) is 1. The number of nitrogens with one attached hydrogen (secondary N) is 1. The Bertz CT molecular complexity index is 1120. The topological polar surface area (TPSA) is 60.5 Å². The molecule has 0 saturated carbocycles. The number of hydrogen-bond acceptors (Lipinski definition) is 5. The lowest BCUT2D eigenvalue weighted by Gasteiger charge is -2.12. The molecule has 3 aromatic carbocycles. The summed E-state index contributed by atoms with van der Waals surface area (Å²) in [5.74, 6) is 1.11. The zero-order chi connectivity index (χ0) is 20.2. The van der Waals surface area contributed by atoms with Crippen LogP contribution >= 0.6 is 11.3 Å². The third kappa shape index (κ3) is 4.07. The van der Waals surface area contributed by atoms with Crippen LogP contribution in [-0.2, 0) is 0 Å². The highest BCUT2D eigenvalue weighted by molar-refractivity contribution is 7.21. The molecule has 0 spiro atoms. The molecule has 0 fully saturated rings. The van der Waals surface area contributed by atoms with Gasteiger partial charge in [0.25, 0.3) is 5.91 Å². The van der Waals surface area contributed by atoms with E-state index >= 15 is 0 Å². The molecule has 0 saturated heterocycles. The number of nitrogens with zero attached hydrogens (tertiary/aromatic N) is 1. The van der Waals surface area contributed by atoms with Crippen LogP contribution in [-0.4, -0.2) is 24.6 Å². The molecule has 6 heteroatoms. The van der Waals surface area contributed by atoms with Gasteiger partial charge in [0, 0.05) is 11.1 Å². The average molecular weight is 404 g/mol. The van der Waals surface area contributed by atoms with Crippen LogP contribution in [0.5, 0.6) is 11.5 Å². The van der Waals surface area contributed by atoms with Crippen molar-refractivity contribution >= 4 is 33.1 Å². The number of rotatable bonds is 6. The van der Waals surface area contributed by atoms with Gasteiger partial charge < -0.3 is 14.8 Å². The Hall–Kier alpha value is -3.38. The van der Waals surface area contributed by atoms with Gasteiger partial charge in [-0.3, -0.25) is 4.79 Å². The van der Waals surface area contributed by atoms with E-state index in [1.807, 2.05) is 43.3 Å². The van der Waals surface area contributed by atoms with E-state index in [9.17, 15) is 4.79 Å². The molecule has 1 aromatic heterocycles. The summed E-state index contributed by atoms with van der Waals surface area (Å²) >= 11 is 1.62. The first kappa shape index (κ1) is 19.0. The molecule has 4 aromatic rings. The first-order valence-electron chi connectivity index (χ1n) is 9.26. The first-order valence-corrected chi connectivity index (χ1v) is 10.1. The number of carbonyl (C=O) groups is 1. The number of carbonyl (C=O) groups excluding carboxylic acids is 1. The Balaban J connectivity index is 1.62. The van der Waals surface area contributed by atoms with Crippen molar-refractivity contribution in [2.24, 2.45) is 0 Å². The molecule has 0 unspecified atom stereocenters. The van der Waals surface area contributed by atoms with E-state index in [0.717, 1.165) is 26.5 Å². The number of amides is 1. The van der Waals surface area contributed by atoms with Crippen molar-refractivity contribution in [1.29, 1.82) is 0 Å². The fourth-order valence-electron chi connectivity index (χ4n) is 3.00. The van der Waals surface area contributed by atoms with E-state index in [4.69, 9.17) is 14.5 Å². The van der Waals surface area contributed by atoms with Gasteiger partial charge in [-0.2, -0.15) is 0 Å². The summed E-state index contributed by atoms with van der Waals surface area (Å²) in [5, 5.41) is 3.84. The Kier molecular flexibility index (Phi) is 5.44. The second-order valence-electron chi connectivity index (χ2n) is 6.31. The lowest BCUT2D eigenvalue weighted by molar-refractivity contribution is 0.102. The molecule has 0 aliphatic rings. The van der Waals surface area contributed by atoms with Crippen LogP contribution in [0.3, 0.4) is 0 Å².